The lowest BCUT2D eigenvalue weighted by Crippen LogP contribution is -2.33. The van der Waals surface area contributed by atoms with Crippen molar-refractivity contribution in [1.29, 1.82) is 5.26 Å². The molecule has 1 saturated carbocycles. The first-order valence-corrected chi connectivity index (χ1v) is 12.0. The fourth-order valence-corrected chi connectivity index (χ4v) is 4.90. The van der Waals surface area contributed by atoms with Gasteiger partial charge in [0.15, 0.2) is 0 Å². The van der Waals surface area contributed by atoms with Crippen LogP contribution in [-0.2, 0) is 16.7 Å². The first kappa shape index (κ1) is 22.8. The molecule has 3 heterocycles. The second-order valence-corrected chi connectivity index (χ2v) is 9.28. The van der Waals surface area contributed by atoms with Crippen LogP contribution in [0.5, 0.6) is 0 Å². The van der Waals surface area contributed by atoms with Gasteiger partial charge in [-0.2, -0.15) is 9.65 Å². The van der Waals surface area contributed by atoms with Crippen molar-refractivity contribution in [2.45, 2.75) is 75.7 Å². The maximum atomic E-state index is 13.5. The summed E-state index contributed by atoms with van der Waals surface area (Å²) in [5, 5.41) is 12.5. The number of pyridine rings is 2. The maximum absolute atomic E-state index is 13.5. The minimum Gasteiger partial charge on any atom is -0.381 e. The van der Waals surface area contributed by atoms with Gasteiger partial charge in [-0.05, 0) is 74.2 Å². The number of nitriles is 1. The van der Waals surface area contributed by atoms with Gasteiger partial charge < -0.3 is 10.1 Å². The van der Waals surface area contributed by atoms with Crippen molar-refractivity contribution in [3.8, 4) is 6.07 Å². The van der Waals surface area contributed by atoms with Crippen LogP contribution >= 0.6 is 0 Å². The summed E-state index contributed by atoms with van der Waals surface area (Å²) in [6.45, 7) is 2.98. The number of ether oxygens (including phenoxy) is 1. The number of hydrogen-bond acceptors (Lipinski definition) is 5. The van der Waals surface area contributed by atoms with Crippen LogP contribution in [0, 0.1) is 17.3 Å². The van der Waals surface area contributed by atoms with E-state index in [2.05, 4.69) is 28.6 Å². The Hall–Kier alpha value is -2.36. The molecular formula is C26H33FN4O. The number of rotatable bonds is 7. The standard InChI is InChI=1S/C26H33FN4O/c27-25-23(16-28)15-20(18-31-25)17-29-12-10-26(9-2-1-3-13-32-14-11-26)24-8-7-22(19-30-24)21-5-4-6-21/h7-8,15,18-19,21,29H,1-6,9-14,17H2/t26-/m1/s1. The van der Waals surface area contributed by atoms with Crippen LogP contribution in [0.1, 0.15) is 86.1 Å². The number of aromatic nitrogens is 2. The van der Waals surface area contributed by atoms with Crippen LogP contribution in [0.2, 0.25) is 0 Å². The molecule has 1 N–H and O–H groups in total. The minimum atomic E-state index is -0.711. The molecule has 0 aromatic carbocycles. The first-order valence-electron chi connectivity index (χ1n) is 12.0. The van der Waals surface area contributed by atoms with E-state index in [4.69, 9.17) is 15.0 Å². The molecule has 2 aliphatic rings. The highest BCUT2D eigenvalue weighted by Gasteiger charge is 2.33. The second kappa shape index (κ2) is 11.0. The van der Waals surface area contributed by atoms with Crippen molar-refractivity contribution in [2.75, 3.05) is 19.8 Å². The van der Waals surface area contributed by atoms with Crippen molar-refractivity contribution in [3.63, 3.8) is 0 Å². The lowest BCUT2D eigenvalue weighted by Gasteiger charge is -2.34. The lowest BCUT2D eigenvalue weighted by molar-refractivity contribution is 0.113. The number of halogens is 1. The average Bonchev–Trinajstić information content (AvgIpc) is 2.90. The Morgan fingerprint density at radius 2 is 2.00 bits per heavy atom. The molecule has 6 heteroatoms. The summed E-state index contributed by atoms with van der Waals surface area (Å²) in [4.78, 5) is 8.67. The Kier molecular flexibility index (Phi) is 7.83. The molecule has 32 heavy (non-hydrogen) atoms. The highest BCUT2D eigenvalue weighted by Crippen LogP contribution is 2.39. The van der Waals surface area contributed by atoms with E-state index in [1.807, 2.05) is 6.07 Å². The summed E-state index contributed by atoms with van der Waals surface area (Å²) in [7, 11) is 0. The van der Waals surface area contributed by atoms with Gasteiger partial charge in [0.2, 0.25) is 5.95 Å². The van der Waals surface area contributed by atoms with E-state index >= 15 is 0 Å². The fourth-order valence-electron chi connectivity index (χ4n) is 4.90. The van der Waals surface area contributed by atoms with E-state index < -0.39 is 5.95 Å². The van der Waals surface area contributed by atoms with Gasteiger partial charge in [0, 0.05) is 43.3 Å². The lowest BCUT2D eigenvalue weighted by atomic mass is 9.73. The van der Waals surface area contributed by atoms with Gasteiger partial charge in [-0.15, -0.1) is 0 Å². The first-order chi connectivity index (χ1) is 15.7. The van der Waals surface area contributed by atoms with Gasteiger partial charge in [-0.25, -0.2) is 4.98 Å². The SMILES string of the molecule is N#Cc1cc(CNCC[C@]2(c3ccc(C4CCC4)cn3)CCCCCOCC2)cnc1F. The van der Waals surface area contributed by atoms with Crippen molar-refractivity contribution in [2.24, 2.45) is 0 Å². The summed E-state index contributed by atoms with van der Waals surface area (Å²) in [5.74, 6) is -0.0159. The summed E-state index contributed by atoms with van der Waals surface area (Å²) in [6.07, 6.45) is 14.1. The molecule has 5 nitrogen and oxygen atoms in total. The third-order valence-electron chi connectivity index (χ3n) is 7.20. The molecule has 0 amide bonds. The van der Waals surface area contributed by atoms with Gasteiger partial charge in [-0.1, -0.05) is 25.3 Å². The molecule has 0 bridgehead atoms. The molecule has 1 aliphatic carbocycles. The molecule has 1 aliphatic heterocycles. The predicted molar refractivity (Wildman–Crippen MR) is 122 cm³/mol. The summed E-state index contributed by atoms with van der Waals surface area (Å²) < 4.78 is 19.4. The second-order valence-electron chi connectivity index (χ2n) is 9.28. The third-order valence-corrected chi connectivity index (χ3v) is 7.20. The van der Waals surface area contributed by atoms with Crippen molar-refractivity contribution < 1.29 is 9.13 Å². The average molecular weight is 437 g/mol. The topological polar surface area (TPSA) is 70.8 Å². The molecule has 2 fully saturated rings. The largest absolute Gasteiger partial charge is 0.381 e. The quantitative estimate of drug-likeness (QED) is 0.480. The van der Waals surface area contributed by atoms with E-state index in [0.717, 1.165) is 51.0 Å². The van der Waals surface area contributed by atoms with Crippen LogP contribution in [0.3, 0.4) is 0 Å². The molecule has 0 radical (unpaired) electrons. The van der Waals surface area contributed by atoms with E-state index in [1.54, 1.807) is 6.07 Å². The van der Waals surface area contributed by atoms with E-state index in [9.17, 15) is 4.39 Å². The maximum Gasteiger partial charge on any atom is 0.230 e. The summed E-state index contributed by atoms with van der Waals surface area (Å²) in [5.41, 5.74) is 3.37. The zero-order valence-electron chi connectivity index (χ0n) is 18.8. The number of nitrogens with zero attached hydrogens (tertiary/aromatic N) is 3. The molecular weight excluding hydrogens is 403 g/mol. The highest BCUT2D eigenvalue weighted by molar-refractivity contribution is 5.30. The zero-order valence-corrected chi connectivity index (χ0v) is 18.8. The summed E-state index contributed by atoms with van der Waals surface area (Å²) >= 11 is 0. The van der Waals surface area contributed by atoms with Crippen LogP contribution in [0.25, 0.3) is 0 Å². The van der Waals surface area contributed by atoms with Gasteiger partial charge in [0.25, 0.3) is 0 Å². The van der Waals surface area contributed by atoms with Gasteiger partial charge in [0.1, 0.15) is 11.6 Å². The molecule has 1 atom stereocenters. The van der Waals surface area contributed by atoms with Crippen molar-refractivity contribution >= 4 is 0 Å². The number of hydrogen-bond donors (Lipinski definition) is 1. The molecule has 0 unspecified atom stereocenters. The van der Waals surface area contributed by atoms with Crippen molar-refractivity contribution in [1.82, 2.24) is 15.3 Å². The van der Waals surface area contributed by atoms with E-state index in [1.165, 1.54) is 49.6 Å². The fraction of sp³-hybridized carbons (Fsp3) is 0.577. The van der Waals surface area contributed by atoms with Crippen LogP contribution < -0.4 is 5.32 Å². The third kappa shape index (κ3) is 5.51. The summed E-state index contributed by atoms with van der Waals surface area (Å²) in [6, 6.07) is 7.98. The Balaban J connectivity index is 1.44. The number of nitrogens with one attached hydrogen (secondary N) is 1. The Morgan fingerprint density at radius 1 is 1.09 bits per heavy atom. The van der Waals surface area contributed by atoms with Crippen LogP contribution in [0.15, 0.2) is 30.6 Å². The van der Waals surface area contributed by atoms with Crippen LogP contribution in [-0.4, -0.2) is 29.7 Å². The smallest absolute Gasteiger partial charge is 0.230 e. The predicted octanol–water partition coefficient (Wildman–Crippen LogP) is 5.15. The Bertz CT molecular complexity index is 910. The van der Waals surface area contributed by atoms with E-state index in [0.29, 0.717) is 12.5 Å². The molecule has 4 rings (SSSR count). The van der Waals surface area contributed by atoms with Gasteiger partial charge in [0.05, 0.1) is 0 Å². The zero-order chi connectivity index (χ0) is 22.2. The van der Waals surface area contributed by atoms with E-state index in [-0.39, 0.29) is 11.0 Å². The monoisotopic (exact) mass is 436 g/mol. The van der Waals surface area contributed by atoms with Gasteiger partial charge >= 0.3 is 0 Å². The molecule has 170 valence electrons. The van der Waals surface area contributed by atoms with Gasteiger partial charge in [-0.3, -0.25) is 4.98 Å². The van der Waals surface area contributed by atoms with Crippen molar-refractivity contribution in [3.05, 3.63) is 58.9 Å². The molecule has 2 aromatic heterocycles. The highest BCUT2D eigenvalue weighted by atomic mass is 19.1. The Morgan fingerprint density at radius 3 is 2.75 bits per heavy atom. The molecule has 2 aromatic rings. The normalized spacial score (nSPS) is 22.2. The molecule has 1 saturated heterocycles. The minimum absolute atomic E-state index is 0.00561. The molecule has 0 spiro atoms. The Labute approximate surface area is 190 Å². The van der Waals surface area contributed by atoms with Crippen LogP contribution in [0.4, 0.5) is 4.39 Å².